The average Bonchev–Trinajstić information content (AvgIpc) is 2.58. The van der Waals surface area contributed by atoms with E-state index >= 15 is 0 Å². The summed E-state index contributed by atoms with van der Waals surface area (Å²) in [5, 5.41) is 12.4. The van der Waals surface area contributed by atoms with Crippen LogP contribution in [-0.2, 0) is 7.05 Å². The molecule has 9 heteroatoms. The summed E-state index contributed by atoms with van der Waals surface area (Å²) in [6, 6.07) is 0. The second-order valence-corrected chi connectivity index (χ2v) is 4.10. The van der Waals surface area contributed by atoms with Gasteiger partial charge in [-0.3, -0.25) is 0 Å². The van der Waals surface area contributed by atoms with Gasteiger partial charge in [0.1, 0.15) is 11.4 Å². The van der Waals surface area contributed by atoms with Crippen LogP contribution in [0.5, 0.6) is 0 Å². The Morgan fingerprint density at radius 2 is 2.13 bits per heavy atom. The highest BCUT2D eigenvalue weighted by Gasteiger charge is 2.11. The lowest BCUT2D eigenvalue weighted by molar-refractivity contribution is 0.684. The van der Waals surface area contributed by atoms with Crippen molar-refractivity contribution >= 4 is 35.0 Å². The Hall–Kier alpha value is -0.920. The number of hydrogen-bond donors (Lipinski definition) is 0. The highest BCUT2D eigenvalue weighted by atomic mass is 35.5. The largest absolute Gasteiger partial charge is 0.244 e. The maximum atomic E-state index is 5.79. The van der Waals surface area contributed by atoms with Gasteiger partial charge in [0.15, 0.2) is 10.3 Å². The molecule has 0 aliphatic carbocycles. The summed E-state index contributed by atoms with van der Waals surface area (Å²) in [4.78, 5) is 7.94. The van der Waals surface area contributed by atoms with E-state index < -0.39 is 0 Å². The molecular weight excluding hydrogens is 259 g/mol. The lowest BCUT2D eigenvalue weighted by atomic mass is 10.9. The number of hydrogen-bond acceptors (Lipinski definition) is 6. The van der Waals surface area contributed by atoms with Crippen LogP contribution in [0.15, 0.2) is 16.5 Å². The minimum Gasteiger partial charge on any atom is -0.244 e. The monoisotopic (exact) mass is 262 g/mol. The van der Waals surface area contributed by atoms with E-state index in [0.29, 0.717) is 10.2 Å². The number of rotatable bonds is 2. The average molecular weight is 263 g/mol. The Morgan fingerprint density at radius 3 is 2.80 bits per heavy atom. The van der Waals surface area contributed by atoms with Gasteiger partial charge in [0.05, 0.1) is 0 Å². The quantitative estimate of drug-likeness (QED) is 0.816. The summed E-state index contributed by atoms with van der Waals surface area (Å²) in [5.41, 5.74) is 0. The number of aromatic nitrogens is 6. The fourth-order valence-electron chi connectivity index (χ4n) is 0.810. The van der Waals surface area contributed by atoms with Crippen molar-refractivity contribution in [1.82, 2.24) is 29.9 Å². The Morgan fingerprint density at radius 1 is 1.33 bits per heavy atom. The molecule has 0 aliphatic heterocycles. The van der Waals surface area contributed by atoms with Crippen molar-refractivity contribution in [1.29, 1.82) is 0 Å². The maximum Gasteiger partial charge on any atom is 0.244 e. The summed E-state index contributed by atoms with van der Waals surface area (Å²) in [6.07, 6.45) is 1.44. The summed E-state index contributed by atoms with van der Waals surface area (Å²) < 4.78 is 1.59. The molecule has 2 rings (SSSR count). The molecular formula is C6H4Cl2N6S. The molecule has 0 N–H and O–H groups in total. The van der Waals surface area contributed by atoms with E-state index in [1.807, 2.05) is 0 Å². The second kappa shape index (κ2) is 4.30. The molecule has 0 radical (unpaired) electrons. The third-order valence-corrected chi connectivity index (χ3v) is 3.01. The molecule has 2 heterocycles. The number of nitrogens with zero attached hydrogens (tertiary/aromatic N) is 6. The predicted molar refractivity (Wildman–Crippen MR) is 55.0 cm³/mol. The number of aryl methyl sites for hydroxylation is 1. The third kappa shape index (κ3) is 2.36. The van der Waals surface area contributed by atoms with E-state index in [1.54, 1.807) is 11.7 Å². The van der Waals surface area contributed by atoms with Gasteiger partial charge in [-0.2, -0.15) is 5.10 Å². The predicted octanol–water partition coefficient (Wildman–Crippen LogP) is 1.46. The van der Waals surface area contributed by atoms with Gasteiger partial charge in [0.25, 0.3) is 0 Å². The molecule has 0 saturated carbocycles. The number of halogens is 2. The Labute approximate surface area is 99.0 Å². The summed E-state index contributed by atoms with van der Waals surface area (Å²) in [6.45, 7) is 0. The van der Waals surface area contributed by atoms with Gasteiger partial charge in [-0.25, -0.2) is 14.6 Å². The lowest BCUT2D eigenvalue weighted by Gasteiger charge is -2.00. The third-order valence-electron chi connectivity index (χ3n) is 1.45. The van der Waals surface area contributed by atoms with Crippen LogP contribution in [0.1, 0.15) is 0 Å². The Kier molecular flexibility index (Phi) is 3.03. The minimum absolute atomic E-state index is 0.0454. The molecule has 0 unspecified atom stereocenters. The van der Waals surface area contributed by atoms with E-state index in [-0.39, 0.29) is 10.4 Å². The zero-order valence-electron chi connectivity index (χ0n) is 7.42. The molecule has 0 aliphatic rings. The van der Waals surface area contributed by atoms with Gasteiger partial charge in [0.2, 0.25) is 5.28 Å². The van der Waals surface area contributed by atoms with Gasteiger partial charge in [-0.15, -0.1) is 10.2 Å². The zero-order chi connectivity index (χ0) is 10.8. The molecule has 78 valence electrons. The molecule has 0 amide bonds. The van der Waals surface area contributed by atoms with Crippen LogP contribution in [-0.4, -0.2) is 29.9 Å². The lowest BCUT2D eigenvalue weighted by Crippen LogP contribution is -1.96. The molecule has 0 saturated heterocycles. The maximum absolute atomic E-state index is 5.79. The molecule has 0 aromatic carbocycles. The second-order valence-electron chi connectivity index (χ2n) is 2.45. The molecule has 2 aromatic heterocycles. The minimum atomic E-state index is 0.0454. The van der Waals surface area contributed by atoms with Gasteiger partial charge in [-0.1, -0.05) is 11.6 Å². The standard InChI is InChI=1S/C6H4Cl2N6S/c1-14-6(9-2-10-14)15-4-3(7)12-13-5(8)11-4/h2H,1H3. The molecule has 2 aromatic rings. The van der Waals surface area contributed by atoms with Crippen LogP contribution in [0.4, 0.5) is 0 Å². The van der Waals surface area contributed by atoms with E-state index in [9.17, 15) is 0 Å². The molecule has 6 nitrogen and oxygen atoms in total. The first-order valence-corrected chi connectivity index (χ1v) is 5.31. The molecule has 0 bridgehead atoms. The van der Waals surface area contributed by atoms with Crippen molar-refractivity contribution in [3.8, 4) is 0 Å². The van der Waals surface area contributed by atoms with Crippen LogP contribution in [0.3, 0.4) is 0 Å². The van der Waals surface area contributed by atoms with Gasteiger partial charge in [0, 0.05) is 7.05 Å². The van der Waals surface area contributed by atoms with Crippen molar-refractivity contribution in [3.05, 3.63) is 16.8 Å². The van der Waals surface area contributed by atoms with Crippen LogP contribution in [0, 0.1) is 0 Å². The normalized spacial score (nSPS) is 10.6. The van der Waals surface area contributed by atoms with Gasteiger partial charge >= 0.3 is 0 Å². The van der Waals surface area contributed by atoms with Crippen molar-refractivity contribution in [3.63, 3.8) is 0 Å². The van der Waals surface area contributed by atoms with E-state index in [1.165, 1.54) is 18.1 Å². The molecule has 0 fully saturated rings. The van der Waals surface area contributed by atoms with E-state index in [0.717, 1.165) is 0 Å². The van der Waals surface area contributed by atoms with Crippen molar-refractivity contribution in [2.24, 2.45) is 7.05 Å². The summed E-state index contributed by atoms with van der Waals surface area (Å²) in [7, 11) is 1.76. The van der Waals surface area contributed by atoms with E-state index in [2.05, 4.69) is 25.3 Å². The van der Waals surface area contributed by atoms with Gasteiger partial charge in [-0.05, 0) is 23.4 Å². The molecule has 15 heavy (non-hydrogen) atoms. The van der Waals surface area contributed by atoms with Crippen LogP contribution >= 0.6 is 35.0 Å². The molecule has 0 spiro atoms. The highest BCUT2D eigenvalue weighted by molar-refractivity contribution is 7.99. The topological polar surface area (TPSA) is 69.4 Å². The smallest absolute Gasteiger partial charge is 0.244 e. The fraction of sp³-hybridized carbons (Fsp3) is 0.167. The Bertz CT molecular complexity index is 486. The highest BCUT2D eigenvalue weighted by Crippen LogP contribution is 2.28. The Balaban J connectivity index is 2.32. The van der Waals surface area contributed by atoms with Crippen LogP contribution in [0.25, 0.3) is 0 Å². The molecule has 0 atom stereocenters. The summed E-state index contributed by atoms with van der Waals surface area (Å²) in [5.74, 6) is 0. The van der Waals surface area contributed by atoms with Gasteiger partial charge < -0.3 is 0 Å². The van der Waals surface area contributed by atoms with Crippen molar-refractivity contribution in [2.75, 3.05) is 0 Å². The van der Waals surface area contributed by atoms with Crippen molar-refractivity contribution in [2.45, 2.75) is 10.2 Å². The first-order chi connectivity index (χ1) is 7.16. The first-order valence-electron chi connectivity index (χ1n) is 3.74. The SMILES string of the molecule is Cn1ncnc1Sc1nc(Cl)nnc1Cl. The zero-order valence-corrected chi connectivity index (χ0v) is 9.75. The van der Waals surface area contributed by atoms with Crippen molar-refractivity contribution < 1.29 is 0 Å². The summed E-state index contributed by atoms with van der Waals surface area (Å²) >= 11 is 12.6. The van der Waals surface area contributed by atoms with Crippen LogP contribution < -0.4 is 0 Å². The fourth-order valence-corrected chi connectivity index (χ4v) is 1.89. The van der Waals surface area contributed by atoms with Crippen LogP contribution in [0.2, 0.25) is 10.4 Å². The first kappa shape index (κ1) is 10.6. The van der Waals surface area contributed by atoms with E-state index in [4.69, 9.17) is 23.2 Å².